The summed E-state index contributed by atoms with van der Waals surface area (Å²) in [5, 5.41) is 5.38. The molecule has 1 heterocycles. The van der Waals surface area contributed by atoms with Gasteiger partial charge < -0.3 is 10.6 Å². The summed E-state index contributed by atoms with van der Waals surface area (Å²) in [7, 11) is -3.12. The van der Waals surface area contributed by atoms with E-state index in [9.17, 15) is 18.0 Å². The summed E-state index contributed by atoms with van der Waals surface area (Å²) in [4.78, 5) is 23.4. The molecule has 1 aliphatic heterocycles. The van der Waals surface area contributed by atoms with E-state index >= 15 is 0 Å². The number of anilines is 1. The number of sulfone groups is 1. The molecule has 1 aromatic rings. The molecule has 1 atom stereocenters. The maximum absolute atomic E-state index is 11.7. The lowest BCUT2D eigenvalue weighted by Crippen LogP contribution is -2.42. The lowest BCUT2D eigenvalue weighted by Gasteiger charge is -2.11. The minimum Gasteiger partial charge on any atom is -0.344 e. The molecule has 0 spiro atoms. The first-order valence-corrected chi connectivity index (χ1v) is 8.61. The topological polar surface area (TPSA) is 92.3 Å². The van der Waals surface area contributed by atoms with E-state index in [1.165, 1.54) is 18.2 Å². The number of nitrogens with one attached hydrogen (secondary N) is 2. The van der Waals surface area contributed by atoms with Crippen LogP contribution in [-0.2, 0) is 19.4 Å². The minimum absolute atomic E-state index is 0.0173. The van der Waals surface area contributed by atoms with Crippen molar-refractivity contribution in [2.75, 3.05) is 16.8 Å². The van der Waals surface area contributed by atoms with E-state index in [-0.39, 0.29) is 17.2 Å². The number of rotatable bonds is 2. The van der Waals surface area contributed by atoms with Gasteiger partial charge in [0.2, 0.25) is 0 Å². The Morgan fingerprint density at radius 3 is 2.24 bits per heavy atom. The molecule has 1 fully saturated rings. The number of amides is 2. The van der Waals surface area contributed by atoms with Gasteiger partial charge in [0.15, 0.2) is 9.84 Å². The van der Waals surface area contributed by atoms with E-state index in [1.54, 1.807) is 0 Å². The third-order valence-electron chi connectivity index (χ3n) is 2.89. The van der Waals surface area contributed by atoms with Crippen LogP contribution in [0.15, 0.2) is 18.2 Å². The van der Waals surface area contributed by atoms with Crippen LogP contribution in [0.3, 0.4) is 0 Å². The van der Waals surface area contributed by atoms with E-state index in [4.69, 9.17) is 23.2 Å². The highest BCUT2D eigenvalue weighted by Crippen LogP contribution is 2.22. The Balaban J connectivity index is 1.95. The minimum atomic E-state index is -3.12. The fraction of sp³-hybridized carbons (Fsp3) is 0.333. The van der Waals surface area contributed by atoms with Gasteiger partial charge in [-0.15, -0.1) is 0 Å². The van der Waals surface area contributed by atoms with Crippen LogP contribution in [0.4, 0.5) is 5.69 Å². The fourth-order valence-corrected chi connectivity index (χ4v) is 4.17. The molecule has 0 aliphatic carbocycles. The second kappa shape index (κ2) is 6.21. The smallest absolute Gasteiger partial charge is 0.313 e. The van der Waals surface area contributed by atoms with Gasteiger partial charge in [0.05, 0.1) is 11.5 Å². The molecule has 6 nitrogen and oxygen atoms in total. The van der Waals surface area contributed by atoms with Crippen LogP contribution < -0.4 is 10.6 Å². The molecule has 9 heteroatoms. The first-order chi connectivity index (χ1) is 9.75. The molecule has 0 saturated carbocycles. The van der Waals surface area contributed by atoms with Crippen LogP contribution in [0.2, 0.25) is 10.0 Å². The molecule has 1 unspecified atom stereocenters. The number of carbonyl (C=O) groups excluding carboxylic acids is 2. The van der Waals surface area contributed by atoms with Crippen molar-refractivity contribution in [3.8, 4) is 0 Å². The molecule has 2 rings (SSSR count). The summed E-state index contributed by atoms with van der Waals surface area (Å²) in [5.74, 6) is -1.93. The number of carbonyl (C=O) groups is 2. The Labute approximate surface area is 131 Å². The predicted molar refractivity (Wildman–Crippen MR) is 80.3 cm³/mol. The number of hydrogen-bond acceptors (Lipinski definition) is 4. The van der Waals surface area contributed by atoms with Gasteiger partial charge in [-0.25, -0.2) is 8.42 Å². The van der Waals surface area contributed by atoms with Crippen LogP contribution >= 0.6 is 23.2 Å². The van der Waals surface area contributed by atoms with E-state index in [0.717, 1.165) is 0 Å². The molecule has 1 saturated heterocycles. The monoisotopic (exact) mass is 350 g/mol. The summed E-state index contributed by atoms with van der Waals surface area (Å²) < 4.78 is 22.6. The molecular formula is C12H12Cl2N2O4S. The van der Waals surface area contributed by atoms with Gasteiger partial charge in [-0.2, -0.15) is 0 Å². The largest absolute Gasteiger partial charge is 0.344 e. The first-order valence-electron chi connectivity index (χ1n) is 6.03. The summed E-state index contributed by atoms with van der Waals surface area (Å²) in [6, 6.07) is 3.84. The zero-order valence-corrected chi connectivity index (χ0v) is 13.1. The Bertz CT molecular complexity index is 670. The Morgan fingerprint density at radius 1 is 1.10 bits per heavy atom. The first kappa shape index (κ1) is 16.1. The van der Waals surface area contributed by atoms with Gasteiger partial charge in [-0.05, 0) is 24.6 Å². The maximum atomic E-state index is 11.7. The van der Waals surface area contributed by atoms with E-state index in [1.807, 2.05) is 0 Å². The zero-order chi connectivity index (χ0) is 15.6. The molecule has 1 aliphatic rings. The lowest BCUT2D eigenvalue weighted by atomic mass is 10.2. The zero-order valence-electron chi connectivity index (χ0n) is 10.7. The van der Waals surface area contributed by atoms with Gasteiger partial charge in [0.1, 0.15) is 0 Å². The van der Waals surface area contributed by atoms with Crippen LogP contribution in [0.5, 0.6) is 0 Å². The second-order valence-electron chi connectivity index (χ2n) is 4.69. The van der Waals surface area contributed by atoms with Crippen molar-refractivity contribution >= 4 is 50.5 Å². The molecule has 0 radical (unpaired) electrons. The third-order valence-corrected chi connectivity index (χ3v) is 5.10. The molecule has 0 bridgehead atoms. The average molecular weight is 351 g/mol. The van der Waals surface area contributed by atoms with E-state index in [0.29, 0.717) is 16.5 Å². The van der Waals surface area contributed by atoms with Gasteiger partial charge in [-0.3, -0.25) is 9.59 Å². The summed E-state index contributed by atoms with van der Waals surface area (Å²) in [6.07, 6.45) is 0.310. The van der Waals surface area contributed by atoms with Crippen molar-refractivity contribution < 1.29 is 18.0 Å². The van der Waals surface area contributed by atoms with Crippen molar-refractivity contribution in [1.29, 1.82) is 0 Å². The van der Waals surface area contributed by atoms with Crippen LogP contribution in [0.25, 0.3) is 0 Å². The molecule has 2 N–H and O–H groups in total. The third kappa shape index (κ3) is 4.59. The van der Waals surface area contributed by atoms with Gasteiger partial charge >= 0.3 is 11.8 Å². The Kier molecular flexibility index (Phi) is 4.75. The quantitative estimate of drug-likeness (QED) is 0.784. The van der Waals surface area contributed by atoms with Gasteiger partial charge in [0, 0.05) is 21.8 Å². The van der Waals surface area contributed by atoms with Crippen molar-refractivity contribution in [3.05, 3.63) is 28.2 Å². The summed E-state index contributed by atoms with van der Waals surface area (Å²) in [5.41, 5.74) is 0.284. The normalized spacial score (nSPS) is 20.0. The lowest BCUT2D eigenvalue weighted by molar-refractivity contribution is -0.136. The van der Waals surface area contributed by atoms with Crippen molar-refractivity contribution in [2.45, 2.75) is 12.5 Å². The summed E-state index contributed by atoms with van der Waals surface area (Å²) >= 11 is 11.6. The van der Waals surface area contributed by atoms with Crippen LogP contribution in [0, 0.1) is 0 Å². The number of benzene rings is 1. The second-order valence-corrected chi connectivity index (χ2v) is 7.79. The van der Waals surface area contributed by atoms with E-state index < -0.39 is 27.7 Å². The fourth-order valence-electron chi connectivity index (χ4n) is 1.97. The molecule has 21 heavy (non-hydrogen) atoms. The molecule has 114 valence electrons. The predicted octanol–water partition coefficient (Wildman–Crippen LogP) is 1.24. The number of hydrogen-bond donors (Lipinski definition) is 2. The summed E-state index contributed by atoms with van der Waals surface area (Å²) in [6.45, 7) is 0. The molecule has 1 aromatic carbocycles. The Hall–Kier alpha value is -1.31. The van der Waals surface area contributed by atoms with Crippen LogP contribution in [0.1, 0.15) is 6.42 Å². The van der Waals surface area contributed by atoms with E-state index in [2.05, 4.69) is 10.6 Å². The Morgan fingerprint density at radius 2 is 1.71 bits per heavy atom. The number of halogens is 2. The van der Waals surface area contributed by atoms with Gasteiger partial charge in [-0.1, -0.05) is 23.2 Å². The molecule has 2 amide bonds. The van der Waals surface area contributed by atoms with Crippen molar-refractivity contribution in [1.82, 2.24) is 5.32 Å². The van der Waals surface area contributed by atoms with Crippen LogP contribution in [-0.4, -0.2) is 37.8 Å². The highest BCUT2D eigenvalue weighted by atomic mass is 35.5. The molecular weight excluding hydrogens is 339 g/mol. The van der Waals surface area contributed by atoms with Crippen molar-refractivity contribution in [3.63, 3.8) is 0 Å². The maximum Gasteiger partial charge on any atom is 0.313 e. The average Bonchev–Trinajstić information content (AvgIpc) is 2.67. The SMILES string of the molecule is O=C(Nc1cc(Cl)cc(Cl)c1)C(=O)NC1CCS(=O)(=O)C1. The standard InChI is InChI=1S/C12H12Cl2N2O4S/c13-7-3-8(14)5-10(4-7)16-12(18)11(17)15-9-1-2-21(19,20)6-9/h3-5,9H,1-2,6H2,(H,15,17)(H,16,18). The van der Waals surface area contributed by atoms with Gasteiger partial charge in [0.25, 0.3) is 0 Å². The van der Waals surface area contributed by atoms with Crippen molar-refractivity contribution in [2.24, 2.45) is 0 Å². The molecule has 0 aromatic heterocycles. The highest BCUT2D eigenvalue weighted by molar-refractivity contribution is 7.91. The highest BCUT2D eigenvalue weighted by Gasteiger charge is 2.30.